The number of amides is 1. The van der Waals surface area contributed by atoms with E-state index in [1.165, 1.54) is 11.8 Å². The Hall–Kier alpha value is -1.87. The van der Waals surface area contributed by atoms with Crippen LogP contribution in [0, 0.1) is 0 Å². The molecule has 7 nitrogen and oxygen atoms in total. The minimum absolute atomic E-state index is 0.0546. The van der Waals surface area contributed by atoms with Crippen LogP contribution in [0.2, 0.25) is 0 Å². The molecule has 0 N–H and O–H groups in total. The Morgan fingerprint density at radius 2 is 2.08 bits per heavy atom. The van der Waals surface area contributed by atoms with Crippen LogP contribution in [0.1, 0.15) is 24.8 Å². The lowest BCUT2D eigenvalue weighted by atomic mass is 10.2. The first kappa shape index (κ1) is 18.9. The molecule has 1 aliphatic heterocycles. The normalized spacial score (nSPS) is 18.7. The predicted molar refractivity (Wildman–Crippen MR) is 98.7 cm³/mol. The zero-order chi connectivity index (χ0) is 18.6. The predicted octanol–water partition coefficient (Wildman–Crippen LogP) is 1.79. The van der Waals surface area contributed by atoms with E-state index < -0.39 is 9.84 Å². The number of rotatable bonds is 7. The standard InChI is InChI=1S/C17H21N3O4S2/c1-2-20(14-8-9-26(22,23)12-14)16(21)11-25-17-19-18-15(24-17)10-13-6-4-3-5-7-13/h3-7,14H,2,8-12H2,1H3. The molecule has 9 heteroatoms. The Morgan fingerprint density at radius 1 is 1.31 bits per heavy atom. The molecule has 0 radical (unpaired) electrons. The molecule has 1 aromatic heterocycles. The van der Waals surface area contributed by atoms with Crippen molar-refractivity contribution in [2.24, 2.45) is 0 Å². The first-order valence-electron chi connectivity index (χ1n) is 8.46. The second-order valence-corrected chi connectivity index (χ2v) is 9.30. The summed E-state index contributed by atoms with van der Waals surface area (Å²) in [6.45, 7) is 2.35. The molecule has 0 spiro atoms. The summed E-state index contributed by atoms with van der Waals surface area (Å²) in [7, 11) is -3.02. The van der Waals surface area contributed by atoms with Crippen LogP contribution in [0.25, 0.3) is 0 Å². The van der Waals surface area contributed by atoms with Gasteiger partial charge in [0.1, 0.15) is 0 Å². The lowest BCUT2D eigenvalue weighted by molar-refractivity contribution is -0.129. The number of benzene rings is 1. The first-order valence-corrected chi connectivity index (χ1v) is 11.3. The van der Waals surface area contributed by atoms with Crippen molar-refractivity contribution >= 4 is 27.5 Å². The van der Waals surface area contributed by atoms with Gasteiger partial charge in [0.25, 0.3) is 5.22 Å². The van der Waals surface area contributed by atoms with Gasteiger partial charge in [0.15, 0.2) is 9.84 Å². The largest absolute Gasteiger partial charge is 0.416 e. The molecular weight excluding hydrogens is 374 g/mol. The van der Waals surface area contributed by atoms with Crippen LogP contribution < -0.4 is 0 Å². The van der Waals surface area contributed by atoms with Crippen LogP contribution in [0.4, 0.5) is 0 Å². The van der Waals surface area contributed by atoms with E-state index in [1.54, 1.807) is 4.90 Å². The molecule has 0 aliphatic carbocycles. The highest BCUT2D eigenvalue weighted by molar-refractivity contribution is 7.99. The summed E-state index contributed by atoms with van der Waals surface area (Å²) in [6, 6.07) is 9.57. The Bertz CT molecular complexity index is 852. The number of carbonyl (C=O) groups is 1. The summed E-state index contributed by atoms with van der Waals surface area (Å²) in [5, 5.41) is 8.33. The van der Waals surface area contributed by atoms with Crippen molar-refractivity contribution in [3.63, 3.8) is 0 Å². The quantitative estimate of drug-likeness (QED) is 0.660. The number of thioether (sulfide) groups is 1. The number of nitrogens with zero attached hydrogens (tertiary/aromatic N) is 3. The fraction of sp³-hybridized carbons (Fsp3) is 0.471. The molecular formula is C17H21N3O4S2. The van der Waals surface area contributed by atoms with E-state index in [1.807, 2.05) is 37.3 Å². The van der Waals surface area contributed by atoms with Gasteiger partial charge in [-0.25, -0.2) is 8.42 Å². The van der Waals surface area contributed by atoms with Crippen LogP contribution >= 0.6 is 11.8 Å². The highest BCUT2D eigenvalue weighted by atomic mass is 32.2. The third kappa shape index (κ3) is 4.85. The van der Waals surface area contributed by atoms with Crippen LogP contribution in [0.3, 0.4) is 0 Å². The van der Waals surface area contributed by atoms with Crippen LogP contribution in [-0.4, -0.2) is 59.3 Å². The van der Waals surface area contributed by atoms with Crippen molar-refractivity contribution in [3.8, 4) is 0 Å². The lowest BCUT2D eigenvalue weighted by Crippen LogP contribution is -2.41. The van der Waals surface area contributed by atoms with Crippen LogP contribution in [0.5, 0.6) is 0 Å². The second-order valence-electron chi connectivity index (χ2n) is 6.15. The first-order chi connectivity index (χ1) is 12.5. The molecule has 0 saturated carbocycles. The van der Waals surface area contributed by atoms with Gasteiger partial charge >= 0.3 is 0 Å². The van der Waals surface area contributed by atoms with Crippen molar-refractivity contribution in [1.82, 2.24) is 15.1 Å². The van der Waals surface area contributed by atoms with Gasteiger partial charge in [-0.05, 0) is 18.9 Å². The van der Waals surface area contributed by atoms with Crippen molar-refractivity contribution < 1.29 is 17.6 Å². The van der Waals surface area contributed by atoms with Gasteiger partial charge in [0, 0.05) is 12.6 Å². The molecule has 0 bridgehead atoms. The number of hydrogen-bond acceptors (Lipinski definition) is 7. The fourth-order valence-electron chi connectivity index (χ4n) is 3.00. The van der Waals surface area contributed by atoms with Crippen molar-refractivity contribution in [3.05, 3.63) is 41.8 Å². The molecule has 26 heavy (non-hydrogen) atoms. The maximum Gasteiger partial charge on any atom is 0.277 e. The number of aromatic nitrogens is 2. The fourth-order valence-corrected chi connectivity index (χ4v) is 5.40. The van der Waals surface area contributed by atoms with Gasteiger partial charge in [0.05, 0.1) is 23.7 Å². The minimum atomic E-state index is -3.02. The molecule has 1 atom stereocenters. The van der Waals surface area contributed by atoms with E-state index in [0.717, 1.165) is 5.56 Å². The monoisotopic (exact) mass is 395 g/mol. The number of sulfone groups is 1. The summed E-state index contributed by atoms with van der Waals surface area (Å²) in [5.74, 6) is 0.750. The molecule has 2 aromatic rings. The van der Waals surface area contributed by atoms with Gasteiger partial charge in [-0.3, -0.25) is 4.79 Å². The average Bonchev–Trinajstić information content (AvgIpc) is 3.21. The zero-order valence-corrected chi connectivity index (χ0v) is 16.1. The Balaban J connectivity index is 1.54. The SMILES string of the molecule is CCN(C(=O)CSc1nnc(Cc2ccccc2)o1)C1CCS(=O)(=O)C1. The molecule has 2 heterocycles. The average molecular weight is 396 g/mol. The Labute approximate surface area is 157 Å². The third-order valence-corrected chi connectivity index (χ3v) is 6.83. The van der Waals surface area contributed by atoms with Gasteiger partial charge in [0.2, 0.25) is 11.8 Å². The minimum Gasteiger partial charge on any atom is -0.416 e. The lowest BCUT2D eigenvalue weighted by Gasteiger charge is -2.26. The van der Waals surface area contributed by atoms with Crippen LogP contribution in [-0.2, 0) is 21.1 Å². The summed E-state index contributed by atoms with van der Waals surface area (Å²) >= 11 is 1.18. The smallest absolute Gasteiger partial charge is 0.277 e. The maximum absolute atomic E-state index is 12.5. The highest BCUT2D eigenvalue weighted by Gasteiger charge is 2.33. The molecule has 1 aliphatic rings. The molecule has 1 saturated heterocycles. The van der Waals surface area contributed by atoms with Gasteiger partial charge in [-0.15, -0.1) is 10.2 Å². The van der Waals surface area contributed by atoms with Crippen molar-refractivity contribution in [1.29, 1.82) is 0 Å². The Morgan fingerprint density at radius 3 is 2.73 bits per heavy atom. The topological polar surface area (TPSA) is 93.4 Å². The summed E-state index contributed by atoms with van der Waals surface area (Å²) < 4.78 is 28.9. The molecule has 1 fully saturated rings. The number of carbonyl (C=O) groups excluding carboxylic acids is 1. The van der Waals surface area contributed by atoms with E-state index in [-0.39, 0.29) is 29.2 Å². The van der Waals surface area contributed by atoms with Crippen LogP contribution in [0.15, 0.2) is 40.0 Å². The molecule has 1 aromatic carbocycles. The summed E-state index contributed by atoms with van der Waals surface area (Å²) in [5.41, 5.74) is 1.07. The molecule has 3 rings (SSSR count). The van der Waals surface area contributed by atoms with E-state index in [4.69, 9.17) is 4.42 Å². The zero-order valence-electron chi connectivity index (χ0n) is 14.5. The molecule has 1 unspecified atom stereocenters. The maximum atomic E-state index is 12.5. The summed E-state index contributed by atoms with van der Waals surface area (Å²) in [4.78, 5) is 14.1. The van der Waals surface area contributed by atoms with Gasteiger partial charge in [-0.2, -0.15) is 0 Å². The van der Waals surface area contributed by atoms with E-state index >= 15 is 0 Å². The molecule has 140 valence electrons. The summed E-state index contributed by atoms with van der Waals surface area (Å²) in [6.07, 6.45) is 1.05. The van der Waals surface area contributed by atoms with Gasteiger partial charge in [-0.1, -0.05) is 42.1 Å². The molecule has 1 amide bonds. The number of hydrogen-bond donors (Lipinski definition) is 0. The third-order valence-electron chi connectivity index (χ3n) is 4.28. The van der Waals surface area contributed by atoms with Crippen molar-refractivity contribution in [2.75, 3.05) is 23.8 Å². The van der Waals surface area contributed by atoms with Crippen molar-refractivity contribution in [2.45, 2.75) is 31.0 Å². The van der Waals surface area contributed by atoms with E-state index in [0.29, 0.717) is 30.5 Å². The Kier molecular flexibility index (Phi) is 5.98. The van der Waals surface area contributed by atoms with E-state index in [2.05, 4.69) is 10.2 Å². The highest BCUT2D eigenvalue weighted by Crippen LogP contribution is 2.22. The second kappa shape index (κ2) is 8.22. The van der Waals surface area contributed by atoms with E-state index in [9.17, 15) is 13.2 Å². The van der Waals surface area contributed by atoms with Gasteiger partial charge < -0.3 is 9.32 Å².